The van der Waals surface area contributed by atoms with E-state index in [4.69, 9.17) is 11.6 Å². The van der Waals surface area contributed by atoms with Gasteiger partial charge in [0.1, 0.15) is 0 Å². The summed E-state index contributed by atoms with van der Waals surface area (Å²) in [5, 5.41) is 8.05. The van der Waals surface area contributed by atoms with E-state index in [-0.39, 0.29) is 38.8 Å². The highest BCUT2D eigenvalue weighted by atomic mass is 35.5. The third-order valence-corrected chi connectivity index (χ3v) is 6.75. The van der Waals surface area contributed by atoms with E-state index in [0.717, 1.165) is 13.8 Å². The molecule has 0 unspecified atom stereocenters. The van der Waals surface area contributed by atoms with Crippen LogP contribution in [0.2, 0.25) is 5.02 Å². The molecule has 0 spiro atoms. The fourth-order valence-corrected chi connectivity index (χ4v) is 4.71. The standard InChI is InChI=1S/C27H16ClF4N7O2/c1-37-24(32)16-8-21(17(28)9-20(16)36-37)34-25-35-26(40)39(22-11-33-10-14-4-2-3-5-15(14)22)27(41)38(25)12-13-6-18(29)23(31)19(30)7-13/h2-11H,12H2,1H3,(H,34,35,40). The van der Waals surface area contributed by atoms with E-state index in [9.17, 15) is 27.2 Å². The second-order valence-electron chi connectivity index (χ2n) is 9.06. The van der Waals surface area contributed by atoms with Gasteiger partial charge in [0.2, 0.25) is 11.9 Å². The number of pyridine rings is 1. The molecule has 0 aliphatic rings. The van der Waals surface area contributed by atoms with Crippen molar-refractivity contribution in [3.8, 4) is 5.69 Å². The molecule has 0 aliphatic heterocycles. The summed E-state index contributed by atoms with van der Waals surface area (Å²) < 4.78 is 59.0. The SMILES string of the molecule is Cn1nc2cc(Cl)c(Nc3nc(=O)n(-c4cncc5ccccc45)c(=O)n3Cc3cc(F)c(F)c(F)c3)cc2c1F. The normalized spacial score (nSPS) is 11.5. The van der Waals surface area contributed by atoms with Crippen molar-refractivity contribution < 1.29 is 17.6 Å². The van der Waals surface area contributed by atoms with Crippen LogP contribution in [-0.2, 0) is 13.6 Å². The Bertz CT molecular complexity index is 2110. The molecule has 3 aromatic heterocycles. The van der Waals surface area contributed by atoms with Crippen molar-refractivity contribution in [1.29, 1.82) is 0 Å². The van der Waals surface area contributed by atoms with Gasteiger partial charge in [-0.1, -0.05) is 35.9 Å². The highest BCUT2D eigenvalue weighted by molar-refractivity contribution is 6.34. The molecule has 0 amide bonds. The molecule has 0 fully saturated rings. The van der Waals surface area contributed by atoms with Gasteiger partial charge in [-0.2, -0.15) is 14.5 Å². The van der Waals surface area contributed by atoms with Gasteiger partial charge in [-0.05, 0) is 29.8 Å². The molecular weight excluding hydrogens is 566 g/mol. The zero-order chi connectivity index (χ0) is 29.0. The molecular formula is C27H16ClF4N7O2. The van der Waals surface area contributed by atoms with E-state index in [2.05, 4.69) is 20.4 Å². The number of anilines is 2. The summed E-state index contributed by atoms with van der Waals surface area (Å²) in [7, 11) is 1.40. The zero-order valence-corrected chi connectivity index (χ0v) is 21.6. The number of aryl methyl sites for hydroxylation is 1. The van der Waals surface area contributed by atoms with Crippen molar-refractivity contribution in [2.75, 3.05) is 5.32 Å². The van der Waals surface area contributed by atoms with Crippen LogP contribution >= 0.6 is 11.6 Å². The molecule has 1 N–H and O–H groups in total. The number of hydrogen-bond donors (Lipinski definition) is 1. The molecule has 3 heterocycles. The van der Waals surface area contributed by atoms with E-state index in [0.29, 0.717) is 22.9 Å². The first-order valence-electron chi connectivity index (χ1n) is 11.9. The molecule has 206 valence electrons. The average Bonchev–Trinajstić information content (AvgIpc) is 3.21. The Kier molecular flexibility index (Phi) is 6.30. The number of nitrogens with one attached hydrogen (secondary N) is 1. The van der Waals surface area contributed by atoms with Crippen LogP contribution in [-0.4, -0.2) is 28.9 Å². The second kappa shape index (κ2) is 9.86. The summed E-state index contributed by atoms with van der Waals surface area (Å²) in [5.74, 6) is -5.66. The summed E-state index contributed by atoms with van der Waals surface area (Å²) in [6.45, 7) is -0.540. The lowest BCUT2D eigenvalue weighted by Gasteiger charge is -2.17. The Morgan fingerprint density at radius 2 is 1.68 bits per heavy atom. The highest BCUT2D eigenvalue weighted by Gasteiger charge is 2.20. The molecule has 0 atom stereocenters. The van der Waals surface area contributed by atoms with E-state index >= 15 is 0 Å². The molecule has 0 saturated heterocycles. The molecule has 41 heavy (non-hydrogen) atoms. The first kappa shape index (κ1) is 26.2. The van der Waals surface area contributed by atoms with Crippen LogP contribution in [0.25, 0.3) is 27.4 Å². The molecule has 0 aliphatic carbocycles. The highest BCUT2D eigenvalue weighted by Crippen LogP contribution is 2.31. The van der Waals surface area contributed by atoms with Gasteiger partial charge in [0.05, 0.1) is 40.0 Å². The molecule has 0 saturated carbocycles. The molecule has 6 aromatic rings. The lowest BCUT2D eigenvalue weighted by atomic mass is 10.1. The minimum absolute atomic E-state index is 0.0534. The summed E-state index contributed by atoms with van der Waals surface area (Å²) in [4.78, 5) is 35.3. The van der Waals surface area contributed by atoms with Crippen LogP contribution in [0.4, 0.5) is 29.2 Å². The summed E-state index contributed by atoms with van der Waals surface area (Å²) >= 11 is 6.38. The van der Waals surface area contributed by atoms with E-state index in [1.165, 1.54) is 25.4 Å². The number of hydrogen-bond acceptors (Lipinski definition) is 6. The van der Waals surface area contributed by atoms with Crippen molar-refractivity contribution in [1.82, 2.24) is 28.9 Å². The fraction of sp³-hybridized carbons (Fsp3) is 0.0741. The van der Waals surface area contributed by atoms with Gasteiger partial charge in [0.15, 0.2) is 17.5 Å². The third-order valence-electron chi connectivity index (χ3n) is 6.44. The second-order valence-corrected chi connectivity index (χ2v) is 9.47. The van der Waals surface area contributed by atoms with E-state index in [1.807, 2.05) is 0 Å². The number of aromatic nitrogens is 6. The Labute approximate surface area is 231 Å². The Hall–Kier alpha value is -5.04. The largest absolute Gasteiger partial charge is 0.359 e. The number of rotatable bonds is 5. The maximum atomic E-state index is 14.6. The van der Waals surface area contributed by atoms with Crippen LogP contribution in [0.5, 0.6) is 0 Å². The number of benzene rings is 3. The van der Waals surface area contributed by atoms with Crippen molar-refractivity contribution in [3.05, 3.63) is 116 Å². The minimum Gasteiger partial charge on any atom is -0.324 e. The van der Waals surface area contributed by atoms with Crippen molar-refractivity contribution >= 4 is 44.9 Å². The van der Waals surface area contributed by atoms with Crippen molar-refractivity contribution in [2.45, 2.75) is 6.54 Å². The summed E-state index contributed by atoms with van der Waals surface area (Å²) in [6, 6.07) is 11.0. The van der Waals surface area contributed by atoms with Crippen molar-refractivity contribution in [2.24, 2.45) is 7.05 Å². The van der Waals surface area contributed by atoms with Gasteiger partial charge in [0, 0.05) is 24.0 Å². The van der Waals surface area contributed by atoms with E-state index < -0.39 is 41.3 Å². The fourth-order valence-electron chi connectivity index (χ4n) is 4.51. The molecule has 14 heteroatoms. The lowest BCUT2D eigenvalue weighted by Crippen LogP contribution is -2.42. The monoisotopic (exact) mass is 581 g/mol. The number of nitrogens with zero attached hydrogens (tertiary/aromatic N) is 6. The van der Waals surface area contributed by atoms with Gasteiger partial charge >= 0.3 is 11.4 Å². The predicted molar refractivity (Wildman–Crippen MR) is 144 cm³/mol. The van der Waals surface area contributed by atoms with Crippen molar-refractivity contribution in [3.63, 3.8) is 0 Å². The first-order chi connectivity index (χ1) is 19.6. The van der Waals surface area contributed by atoms with Crippen LogP contribution in [0.15, 0.2) is 70.5 Å². The van der Waals surface area contributed by atoms with Crippen LogP contribution < -0.4 is 16.7 Å². The third kappa shape index (κ3) is 4.49. The molecule has 6 rings (SSSR count). The van der Waals surface area contributed by atoms with Gasteiger partial charge in [-0.25, -0.2) is 32.0 Å². The summed E-state index contributed by atoms with van der Waals surface area (Å²) in [6.07, 6.45) is 2.85. The lowest BCUT2D eigenvalue weighted by molar-refractivity contribution is 0.444. The van der Waals surface area contributed by atoms with Gasteiger partial charge in [-0.15, -0.1) is 0 Å². The van der Waals surface area contributed by atoms with E-state index in [1.54, 1.807) is 30.5 Å². The average molecular weight is 582 g/mol. The predicted octanol–water partition coefficient (Wildman–Crippen LogP) is 4.83. The Balaban J connectivity index is 1.57. The van der Waals surface area contributed by atoms with Crippen LogP contribution in [0.3, 0.4) is 0 Å². The topological polar surface area (TPSA) is 99.6 Å². The molecule has 9 nitrogen and oxygen atoms in total. The maximum Gasteiger partial charge on any atom is 0.359 e. The Morgan fingerprint density at radius 3 is 2.44 bits per heavy atom. The minimum atomic E-state index is -1.68. The number of fused-ring (bicyclic) bond motifs is 2. The molecule has 0 bridgehead atoms. The molecule has 3 aromatic carbocycles. The summed E-state index contributed by atoms with van der Waals surface area (Å²) in [5.41, 5.74) is -1.68. The first-order valence-corrected chi connectivity index (χ1v) is 12.3. The van der Waals surface area contributed by atoms with Gasteiger partial charge < -0.3 is 5.32 Å². The number of halogens is 5. The van der Waals surface area contributed by atoms with Crippen LogP contribution in [0.1, 0.15) is 5.56 Å². The quantitative estimate of drug-likeness (QED) is 0.231. The van der Waals surface area contributed by atoms with Crippen LogP contribution in [0, 0.1) is 23.4 Å². The van der Waals surface area contributed by atoms with Gasteiger partial charge in [-0.3, -0.25) is 9.55 Å². The Morgan fingerprint density at radius 1 is 0.951 bits per heavy atom. The molecule has 0 radical (unpaired) electrons. The van der Waals surface area contributed by atoms with Gasteiger partial charge in [0.25, 0.3) is 0 Å². The smallest absolute Gasteiger partial charge is 0.324 e. The zero-order valence-electron chi connectivity index (χ0n) is 20.9. The maximum absolute atomic E-state index is 14.6.